The van der Waals surface area contributed by atoms with Crippen molar-refractivity contribution in [3.8, 4) is 17.0 Å². The van der Waals surface area contributed by atoms with Gasteiger partial charge in [-0.25, -0.2) is 9.50 Å². The second kappa shape index (κ2) is 6.31. The molecule has 3 aromatic rings. The van der Waals surface area contributed by atoms with Gasteiger partial charge in [-0.15, -0.1) is 0 Å². The van der Waals surface area contributed by atoms with Gasteiger partial charge in [0.1, 0.15) is 0 Å². The summed E-state index contributed by atoms with van der Waals surface area (Å²) in [5.74, 6) is 2.23. The second-order valence-corrected chi connectivity index (χ2v) is 6.52. The number of hydrogen-bond acceptors (Lipinski definition) is 4. The van der Waals surface area contributed by atoms with Crippen molar-refractivity contribution in [1.29, 1.82) is 0 Å². The maximum atomic E-state index is 12.2. The van der Waals surface area contributed by atoms with Crippen LogP contribution in [0.4, 0.5) is 0 Å². The number of fused-ring (bicyclic) bond motifs is 1. The largest absolute Gasteiger partial charge is 0.493 e. The molecular formula is C20H21N3O2. The fourth-order valence-corrected chi connectivity index (χ4v) is 3.07. The third kappa shape index (κ3) is 2.90. The minimum Gasteiger partial charge on any atom is -0.493 e. The highest BCUT2D eigenvalue weighted by molar-refractivity contribution is 5.97. The van der Waals surface area contributed by atoms with Gasteiger partial charge in [-0.05, 0) is 37.5 Å². The van der Waals surface area contributed by atoms with E-state index in [-0.39, 0.29) is 5.78 Å². The van der Waals surface area contributed by atoms with Gasteiger partial charge in [0, 0.05) is 23.5 Å². The van der Waals surface area contributed by atoms with Crippen molar-refractivity contribution in [1.82, 2.24) is 14.6 Å². The molecular weight excluding hydrogens is 314 g/mol. The second-order valence-electron chi connectivity index (χ2n) is 6.52. The summed E-state index contributed by atoms with van der Waals surface area (Å²) in [6, 6.07) is 11.6. The van der Waals surface area contributed by atoms with E-state index in [2.05, 4.69) is 4.98 Å². The Morgan fingerprint density at radius 2 is 2.12 bits per heavy atom. The Kier molecular flexibility index (Phi) is 3.99. The highest BCUT2D eigenvalue weighted by Crippen LogP contribution is 2.39. The van der Waals surface area contributed by atoms with Crippen molar-refractivity contribution in [2.24, 2.45) is 0 Å². The van der Waals surface area contributed by atoms with Crippen LogP contribution in [0.2, 0.25) is 0 Å². The lowest BCUT2D eigenvalue weighted by molar-refractivity contribution is 0.0982. The van der Waals surface area contributed by atoms with Gasteiger partial charge in [-0.2, -0.15) is 5.10 Å². The molecule has 5 heteroatoms. The molecule has 0 atom stereocenters. The molecule has 0 N–H and O–H groups in total. The minimum atomic E-state index is 0.173. The number of hydrogen-bond donors (Lipinski definition) is 0. The van der Waals surface area contributed by atoms with E-state index in [1.54, 1.807) is 7.11 Å². The summed E-state index contributed by atoms with van der Waals surface area (Å²) in [6.07, 6.45) is 3.71. The van der Waals surface area contributed by atoms with Gasteiger partial charge in [0.05, 0.1) is 12.8 Å². The zero-order valence-corrected chi connectivity index (χ0v) is 14.5. The van der Waals surface area contributed by atoms with Gasteiger partial charge in [0.2, 0.25) is 0 Å². The van der Waals surface area contributed by atoms with Crippen molar-refractivity contribution in [2.45, 2.75) is 38.5 Å². The number of Topliss-reactive ketones (excluding diaryl/α,β-unsaturated/α-hetero) is 1. The molecule has 128 valence electrons. The molecule has 0 aliphatic heterocycles. The number of benzene rings is 1. The zero-order valence-electron chi connectivity index (χ0n) is 14.5. The average Bonchev–Trinajstić information content (AvgIpc) is 3.39. The lowest BCUT2D eigenvalue weighted by Gasteiger charge is -2.08. The Labute approximate surface area is 146 Å². The fraction of sp³-hybridized carbons (Fsp3) is 0.350. The van der Waals surface area contributed by atoms with Crippen molar-refractivity contribution < 1.29 is 9.53 Å². The molecule has 1 aliphatic carbocycles. The minimum absolute atomic E-state index is 0.173. The normalized spacial score (nSPS) is 14.0. The van der Waals surface area contributed by atoms with Gasteiger partial charge < -0.3 is 4.74 Å². The molecule has 0 radical (unpaired) electrons. The van der Waals surface area contributed by atoms with Gasteiger partial charge in [0.15, 0.2) is 23.0 Å². The first-order valence-corrected chi connectivity index (χ1v) is 8.78. The van der Waals surface area contributed by atoms with E-state index in [0.717, 1.165) is 47.6 Å². The number of methoxy groups -OCH3 is 1. The molecule has 4 rings (SSSR count). The van der Waals surface area contributed by atoms with Crippen molar-refractivity contribution >= 4 is 11.4 Å². The van der Waals surface area contributed by atoms with E-state index in [1.807, 2.05) is 47.8 Å². The average molecular weight is 335 g/mol. The summed E-state index contributed by atoms with van der Waals surface area (Å²) in [5.41, 5.74) is 3.35. The van der Waals surface area contributed by atoms with Crippen LogP contribution in [-0.2, 0) is 0 Å². The van der Waals surface area contributed by atoms with Crippen LogP contribution in [0.1, 0.15) is 54.7 Å². The number of rotatable bonds is 6. The molecule has 1 aliphatic rings. The van der Waals surface area contributed by atoms with E-state index in [4.69, 9.17) is 9.84 Å². The van der Waals surface area contributed by atoms with Crippen LogP contribution in [0.5, 0.6) is 5.75 Å². The third-order valence-corrected chi connectivity index (χ3v) is 4.58. The summed E-state index contributed by atoms with van der Waals surface area (Å²) < 4.78 is 7.29. The number of aromatic nitrogens is 3. The maximum Gasteiger partial charge on any atom is 0.198 e. The number of ketones is 1. The monoisotopic (exact) mass is 335 g/mol. The van der Waals surface area contributed by atoms with Crippen molar-refractivity contribution in [3.63, 3.8) is 0 Å². The van der Waals surface area contributed by atoms with E-state index >= 15 is 0 Å². The molecule has 1 saturated carbocycles. The van der Waals surface area contributed by atoms with Crippen LogP contribution in [0.3, 0.4) is 0 Å². The summed E-state index contributed by atoms with van der Waals surface area (Å²) >= 11 is 0. The molecule has 0 spiro atoms. The summed E-state index contributed by atoms with van der Waals surface area (Å²) in [6.45, 7) is 2.02. The maximum absolute atomic E-state index is 12.2. The molecule has 0 bridgehead atoms. The predicted octanol–water partition coefficient (Wildman–Crippen LogP) is 4.27. The Hall–Kier alpha value is -2.69. The number of carbonyl (C=O) groups excluding carboxylic acids is 1. The van der Waals surface area contributed by atoms with Crippen LogP contribution in [0.15, 0.2) is 36.4 Å². The topological polar surface area (TPSA) is 56.5 Å². The summed E-state index contributed by atoms with van der Waals surface area (Å²) in [5, 5.41) is 4.71. The van der Waals surface area contributed by atoms with E-state index in [0.29, 0.717) is 18.1 Å². The Morgan fingerprint density at radius 3 is 2.84 bits per heavy atom. The number of carbonyl (C=O) groups is 1. The lowest BCUT2D eigenvalue weighted by atomic mass is 10.0. The first-order chi connectivity index (χ1) is 12.2. The van der Waals surface area contributed by atoms with Crippen LogP contribution < -0.4 is 4.74 Å². The molecule has 5 nitrogen and oxygen atoms in total. The standard InChI is InChI=1S/C20H21N3O2/c1-3-5-17(24)15-7-4-6-14(12-15)16-10-11-18(25-2)20-21-19(13-8-9-13)22-23(16)20/h4,6-7,10-13H,3,5,8-9H2,1-2H3. The zero-order chi connectivity index (χ0) is 17.4. The Morgan fingerprint density at radius 1 is 1.28 bits per heavy atom. The molecule has 0 saturated heterocycles. The SMILES string of the molecule is CCCC(=O)c1cccc(-c2ccc(OC)c3nc(C4CC4)nn23)c1. The first-order valence-electron chi connectivity index (χ1n) is 8.78. The first kappa shape index (κ1) is 15.8. The van der Waals surface area contributed by atoms with Crippen LogP contribution in [-0.4, -0.2) is 27.5 Å². The molecule has 2 heterocycles. The van der Waals surface area contributed by atoms with E-state index in [9.17, 15) is 4.79 Å². The smallest absolute Gasteiger partial charge is 0.198 e. The number of ether oxygens (including phenoxy) is 1. The van der Waals surface area contributed by atoms with E-state index in [1.165, 1.54) is 0 Å². The molecule has 2 aromatic heterocycles. The quantitative estimate of drug-likeness (QED) is 0.631. The number of nitrogens with zero attached hydrogens (tertiary/aromatic N) is 3. The van der Waals surface area contributed by atoms with Gasteiger partial charge >= 0.3 is 0 Å². The molecule has 1 fully saturated rings. The lowest BCUT2D eigenvalue weighted by Crippen LogP contribution is -2.00. The summed E-state index contributed by atoms with van der Waals surface area (Å²) in [4.78, 5) is 16.9. The fourth-order valence-electron chi connectivity index (χ4n) is 3.07. The predicted molar refractivity (Wildman–Crippen MR) is 96.2 cm³/mol. The molecule has 0 unspecified atom stereocenters. The van der Waals surface area contributed by atoms with Crippen molar-refractivity contribution in [3.05, 3.63) is 47.8 Å². The van der Waals surface area contributed by atoms with Crippen molar-refractivity contribution in [2.75, 3.05) is 7.11 Å². The van der Waals surface area contributed by atoms with Gasteiger partial charge in [-0.3, -0.25) is 4.79 Å². The molecule has 1 aromatic carbocycles. The third-order valence-electron chi connectivity index (χ3n) is 4.58. The highest BCUT2D eigenvalue weighted by Gasteiger charge is 2.29. The van der Waals surface area contributed by atoms with Gasteiger partial charge in [0.25, 0.3) is 0 Å². The molecule has 25 heavy (non-hydrogen) atoms. The Balaban J connectivity index is 1.83. The van der Waals surface area contributed by atoms with Crippen LogP contribution in [0.25, 0.3) is 16.9 Å². The van der Waals surface area contributed by atoms with Crippen LogP contribution in [0, 0.1) is 0 Å². The summed E-state index contributed by atoms with van der Waals surface area (Å²) in [7, 11) is 1.64. The number of pyridine rings is 1. The Bertz CT molecular complexity index is 941. The van der Waals surface area contributed by atoms with E-state index < -0.39 is 0 Å². The molecule has 0 amide bonds. The van der Waals surface area contributed by atoms with Gasteiger partial charge in [-0.1, -0.05) is 25.1 Å². The highest BCUT2D eigenvalue weighted by atomic mass is 16.5. The van der Waals surface area contributed by atoms with Crippen LogP contribution >= 0.6 is 0 Å².